The second kappa shape index (κ2) is 5.02. The molecule has 0 saturated carbocycles. The number of hydrogen-bond acceptors (Lipinski definition) is 2. The Hall–Kier alpha value is -1.13. The van der Waals surface area contributed by atoms with Gasteiger partial charge in [0.1, 0.15) is 0 Å². The number of halogens is 1. The summed E-state index contributed by atoms with van der Waals surface area (Å²) in [5.74, 6) is -0.192. The van der Waals surface area contributed by atoms with E-state index in [1.54, 1.807) is 0 Å². The fourth-order valence-corrected chi connectivity index (χ4v) is 2.44. The summed E-state index contributed by atoms with van der Waals surface area (Å²) in [5, 5.41) is 6.79. The smallest absolute Gasteiger partial charge is 0.231 e. The van der Waals surface area contributed by atoms with Crippen LogP contribution in [0.4, 0.5) is 0 Å². The predicted molar refractivity (Wildman–Crippen MR) is 72.0 cm³/mol. The first kappa shape index (κ1) is 12.3. The van der Waals surface area contributed by atoms with Crippen LogP contribution in [0.25, 0.3) is 0 Å². The van der Waals surface area contributed by atoms with E-state index < -0.39 is 0 Å². The molecule has 2 N–H and O–H groups in total. The first-order chi connectivity index (χ1) is 8.08. The van der Waals surface area contributed by atoms with Gasteiger partial charge in [-0.3, -0.25) is 4.79 Å². The minimum Gasteiger partial charge on any atom is -0.359 e. The average molecular weight is 269 g/mol. The number of amides is 1. The molecule has 1 fully saturated rings. The van der Waals surface area contributed by atoms with Crippen LogP contribution in [0.5, 0.6) is 0 Å². The van der Waals surface area contributed by atoms with Crippen molar-refractivity contribution in [1.29, 1.82) is 0 Å². The van der Waals surface area contributed by atoms with Crippen LogP contribution in [0.15, 0.2) is 24.3 Å². The zero-order valence-corrected chi connectivity index (χ0v) is 10.9. The summed E-state index contributed by atoms with van der Waals surface area (Å²) in [7, 11) is 0. The second-order valence-electron chi connectivity index (χ2n) is 4.15. The maximum Gasteiger partial charge on any atom is 0.231 e. The van der Waals surface area contributed by atoms with Crippen LogP contribution in [-0.4, -0.2) is 17.1 Å². The van der Waals surface area contributed by atoms with Gasteiger partial charge in [-0.2, -0.15) is 0 Å². The van der Waals surface area contributed by atoms with Crippen LogP contribution in [0, 0.1) is 5.92 Å². The molecule has 1 aliphatic rings. The minimum absolute atomic E-state index is 0.0209. The molecular formula is C12H13ClN2OS. The van der Waals surface area contributed by atoms with Gasteiger partial charge in [-0.25, -0.2) is 0 Å². The summed E-state index contributed by atoms with van der Waals surface area (Å²) in [6.07, 6.45) is 0.613. The normalized spacial score (nSPS) is 24.1. The molecule has 0 radical (unpaired) electrons. The van der Waals surface area contributed by atoms with Gasteiger partial charge in [-0.1, -0.05) is 29.8 Å². The lowest BCUT2D eigenvalue weighted by Crippen LogP contribution is -2.57. The molecule has 5 heteroatoms. The molecule has 1 aliphatic heterocycles. The molecule has 3 nitrogen and oxygen atoms in total. The van der Waals surface area contributed by atoms with Gasteiger partial charge in [0.25, 0.3) is 0 Å². The molecule has 0 aromatic heterocycles. The zero-order valence-electron chi connectivity index (χ0n) is 9.37. The topological polar surface area (TPSA) is 41.1 Å². The number of thiocarbonyl (C=S) groups is 1. The maximum absolute atomic E-state index is 11.8. The molecule has 0 bridgehead atoms. The van der Waals surface area contributed by atoms with E-state index in [4.69, 9.17) is 23.8 Å². The van der Waals surface area contributed by atoms with Gasteiger partial charge in [0.05, 0.1) is 5.92 Å². The van der Waals surface area contributed by atoms with Gasteiger partial charge < -0.3 is 10.6 Å². The summed E-state index contributed by atoms with van der Waals surface area (Å²) < 4.78 is 0. The molecule has 17 heavy (non-hydrogen) atoms. The third-order valence-corrected chi connectivity index (χ3v) is 3.52. The molecule has 2 unspecified atom stereocenters. The number of carbonyl (C=O) groups excluding carboxylic acids is 1. The second-order valence-corrected chi connectivity index (χ2v) is 4.97. The molecule has 1 saturated heterocycles. The quantitative estimate of drug-likeness (QED) is 0.805. The molecular weight excluding hydrogens is 256 g/mol. The van der Waals surface area contributed by atoms with Crippen molar-refractivity contribution >= 4 is 34.8 Å². The van der Waals surface area contributed by atoms with E-state index in [2.05, 4.69) is 10.6 Å². The molecule has 0 spiro atoms. The maximum atomic E-state index is 11.8. The monoisotopic (exact) mass is 268 g/mol. The van der Waals surface area contributed by atoms with Gasteiger partial charge in [-0.05, 0) is 37.2 Å². The zero-order chi connectivity index (χ0) is 12.4. The molecule has 1 heterocycles. The lowest BCUT2D eigenvalue weighted by atomic mass is 9.91. The Kier molecular flexibility index (Phi) is 3.64. The lowest BCUT2D eigenvalue weighted by Gasteiger charge is -2.30. The first-order valence-electron chi connectivity index (χ1n) is 5.42. The molecule has 1 aromatic carbocycles. The molecule has 1 amide bonds. The van der Waals surface area contributed by atoms with Crippen molar-refractivity contribution in [3.05, 3.63) is 34.9 Å². The third kappa shape index (κ3) is 2.76. The third-order valence-electron chi connectivity index (χ3n) is 2.93. The van der Waals surface area contributed by atoms with Gasteiger partial charge in [0.2, 0.25) is 5.91 Å². The highest BCUT2D eigenvalue weighted by atomic mass is 35.5. The van der Waals surface area contributed by atoms with Gasteiger partial charge in [0.15, 0.2) is 5.11 Å². The van der Waals surface area contributed by atoms with Crippen LogP contribution >= 0.6 is 23.8 Å². The van der Waals surface area contributed by atoms with Crippen molar-refractivity contribution in [2.45, 2.75) is 19.4 Å². The van der Waals surface area contributed by atoms with Crippen molar-refractivity contribution in [3.63, 3.8) is 0 Å². The summed E-state index contributed by atoms with van der Waals surface area (Å²) >= 11 is 11.0. The Morgan fingerprint density at radius 3 is 2.76 bits per heavy atom. The highest BCUT2D eigenvalue weighted by Crippen LogP contribution is 2.21. The van der Waals surface area contributed by atoms with E-state index in [-0.39, 0.29) is 17.9 Å². The average Bonchev–Trinajstić information content (AvgIpc) is 2.25. The van der Waals surface area contributed by atoms with E-state index >= 15 is 0 Å². The summed E-state index contributed by atoms with van der Waals surface area (Å²) in [5.41, 5.74) is 0.982. The number of benzene rings is 1. The van der Waals surface area contributed by atoms with Crippen molar-refractivity contribution < 1.29 is 4.79 Å². The highest BCUT2D eigenvalue weighted by Gasteiger charge is 2.31. The van der Waals surface area contributed by atoms with E-state index in [9.17, 15) is 4.79 Å². The summed E-state index contributed by atoms with van der Waals surface area (Å²) in [6.45, 7) is 1.95. The number of hydrogen-bond donors (Lipinski definition) is 2. The van der Waals surface area contributed by atoms with E-state index in [0.717, 1.165) is 5.56 Å². The van der Waals surface area contributed by atoms with Crippen molar-refractivity contribution in [3.8, 4) is 0 Å². The van der Waals surface area contributed by atoms with Crippen molar-refractivity contribution in [2.24, 2.45) is 5.92 Å². The van der Waals surface area contributed by atoms with Gasteiger partial charge >= 0.3 is 0 Å². The molecule has 90 valence electrons. The van der Waals surface area contributed by atoms with E-state index in [1.807, 2.05) is 31.2 Å². The fraction of sp³-hybridized carbons (Fsp3) is 0.333. The summed E-state index contributed by atoms with van der Waals surface area (Å²) in [6, 6.07) is 7.59. The molecule has 2 atom stereocenters. The first-order valence-corrected chi connectivity index (χ1v) is 6.21. The predicted octanol–water partition coefficient (Wildman–Crippen LogP) is 1.89. The van der Waals surface area contributed by atoms with E-state index in [0.29, 0.717) is 16.6 Å². The van der Waals surface area contributed by atoms with Gasteiger partial charge in [0, 0.05) is 11.1 Å². The number of rotatable bonds is 2. The fourth-order valence-electron chi connectivity index (χ4n) is 1.95. The highest BCUT2D eigenvalue weighted by molar-refractivity contribution is 7.80. The molecule has 1 aromatic rings. The largest absolute Gasteiger partial charge is 0.359 e. The van der Waals surface area contributed by atoms with Crippen molar-refractivity contribution in [1.82, 2.24) is 10.6 Å². The van der Waals surface area contributed by atoms with Crippen LogP contribution in [0.1, 0.15) is 12.5 Å². The SMILES string of the molecule is CC1NC(=S)NC(=O)C1Cc1ccccc1Cl. The Labute approximate surface area is 111 Å². The Morgan fingerprint density at radius 1 is 1.41 bits per heavy atom. The number of carbonyl (C=O) groups is 1. The lowest BCUT2D eigenvalue weighted by molar-refractivity contribution is -0.125. The summed E-state index contributed by atoms with van der Waals surface area (Å²) in [4.78, 5) is 11.8. The standard InChI is InChI=1S/C12H13ClN2OS/c1-7-9(11(16)15-12(17)14-7)6-8-4-2-3-5-10(8)13/h2-5,7,9H,6H2,1H3,(H2,14,15,16,17). The van der Waals surface area contributed by atoms with Crippen LogP contribution < -0.4 is 10.6 Å². The Morgan fingerprint density at radius 2 is 2.12 bits per heavy atom. The minimum atomic E-state index is -0.151. The van der Waals surface area contributed by atoms with E-state index in [1.165, 1.54) is 0 Å². The Bertz CT molecular complexity index is 464. The molecule has 0 aliphatic carbocycles. The van der Waals surface area contributed by atoms with Crippen LogP contribution in [0.2, 0.25) is 5.02 Å². The molecule has 2 rings (SSSR count). The van der Waals surface area contributed by atoms with Crippen LogP contribution in [0.3, 0.4) is 0 Å². The number of nitrogens with one attached hydrogen (secondary N) is 2. The van der Waals surface area contributed by atoms with Gasteiger partial charge in [-0.15, -0.1) is 0 Å². The van der Waals surface area contributed by atoms with Crippen molar-refractivity contribution in [2.75, 3.05) is 0 Å². The van der Waals surface area contributed by atoms with Crippen LogP contribution in [-0.2, 0) is 11.2 Å². The Balaban J connectivity index is 2.16.